The van der Waals surface area contributed by atoms with Crippen molar-refractivity contribution in [3.05, 3.63) is 166 Å². The van der Waals surface area contributed by atoms with Crippen molar-refractivity contribution in [1.29, 1.82) is 0 Å². The highest BCUT2D eigenvalue weighted by Crippen LogP contribution is 2.62. The third-order valence-corrected chi connectivity index (χ3v) is 13.3. The molecule has 0 aromatic heterocycles. The number of non-ortho nitro benzene ring substituents is 1. The molecule has 13 nitrogen and oxygen atoms in total. The number of aliphatic hydroxyl groups is 2. The number of nitro benzene ring substituents is 1. The molecule has 1 aliphatic heterocycles. The number of nitro groups is 1. The molecular weight excluding hydrogens is 858 g/mol. The van der Waals surface area contributed by atoms with Gasteiger partial charge in [-0.1, -0.05) is 90.8 Å². The van der Waals surface area contributed by atoms with Gasteiger partial charge in [-0.3, -0.25) is 15.0 Å². The molecule has 1 saturated carbocycles. The molecule has 350 valence electrons. The zero-order valence-electron chi connectivity index (χ0n) is 37.5. The van der Waals surface area contributed by atoms with Gasteiger partial charge in [0.2, 0.25) is 5.79 Å². The Hall–Kier alpha value is -6.61. The van der Waals surface area contributed by atoms with Crippen molar-refractivity contribution in [3.63, 3.8) is 0 Å². The predicted octanol–water partition coefficient (Wildman–Crippen LogP) is 10.4. The average Bonchev–Trinajstić information content (AvgIpc) is 3.34. The molecular formula is C53H56FN3O10. The number of benzene rings is 5. The van der Waals surface area contributed by atoms with Crippen LogP contribution in [0.5, 0.6) is 17.2 Å². The van der Waals surface area contributed by atoms with Gasteiger partial charge in [0, 0.05) is 48.8 Å². The maximum Gasteiger partial charge on any atom is 0.416 e. The van der Waals surface area contributed by atoms with E-state index in [9.17, 15) is 24.7 Å². The topological polar surface area (TPSA) is 162 Å². The summed E-state index contributed by atoms with van der Waals surface area (Å²) in [4.78, 5) is 33.4. The number of carbonyl (C=O) groups is 1. The number of ether oxygens (including phenoxy) is 4. The van der Waals surface area contributed by atoms with E-state index in [1.54, 1.807) is 35.2 Å². The van der Waals surface area contributed by atoms with E-state index in [1.807, 2.05) is 54.6 Å². The van der Waals surface area contributed by atoms with E-state index in [1.165, 1.54) is 37.4 Å². The molecule has 0 unspecified atom stereocenters. The fourth-order valence-corrected chi connectivity index (χ4v) is 10.3. The number of carbonyl (C=O) groups excluding carboxylic acids is 1. The first kappa shape index (κ1) is 46.9. The molecule has 5 aromatic carbocycles. The molecule has 6 atom stereocenters. The second-order valence-corrected chi connectivity index (χ2v) is 17.2. The van der Waals surface area contributed by atoms with Gasteiger partial charge in [0.1, 0.15) is 42.8 Å². The summed E-state index contributed by atoms with van der Waals surface area (Å²) in [6.07, 6.45) is 7.43. The lowest BCUT2D eigenvalue weighted by Crippen LogP contribution is -2.70. The Morgan fingerprint density at radius 1 is 0.940 bits per heavy atom. The summed E-state index contributed by atoms with van der Waals surface area (Å²) in [5, 5.41) is 38.1. The van der Waals surface area contributed by atoms with Gasteiger partial charge in [-0.05, 0) is 95.8 Å². The molecule has 3 aliphatic rings. The molecule has 2 aliphatic carbocycles. The smallest absolute Gasteiger partial charge is 0.416 e. The number of hydrogen-bond donors (Lipinski definition) is 2. The van der Waals surface area contributed by atoms with Crippen molar-refractivity contribution >= 4 is 28.3 Å². The fourth-order valence-electron chi connectivity index (χ4n) is 10.3. The van der Waals surface area contributed by atoms with Crippen LogP contribution in [0.2, 0.25) is 0 Å². The van der Waals surface area contributed by atoms with Crippen molar-refractivity contribution in [2.24, 2.45) is 22.9 Å². The predicted molar refractivity (Wildman–Crippen MR) is 251 cm³/mol. The second-order valence-electron chi connectivity index (χ2n) is 17.2. The standard InChI is InChI=1S/C53H56FN3O10/c1-3-29-65-53-49(56(33-37-17-12-16-35-13-4-6-18-42(35)37)52(60)66-40-23-21-39(22-24-40)57(61)62)32-47(55-63-2)44-30-36(14-8-10-27-58)43(19-9-11-28-59)50(51(44)53)45-31-41(25-26-48(45)67-53)64-34-38-15-5-7-20-46(38)54/h3-7,12-13,15-18,20-26,30-31,36,43,49-51,58-59H,1,8-11,14,19,27-29,32-34H2,2H3/t36-,43+,49-,50+,51+,53+/m0/s1. The summed E-state index contributed by atoms with van der Waals surface area (Å²) in [6.45, 7) is 4.19. The highest BCUT2D eigenvalue weighted by Gasteiger charge is 2.65. The van der Waals surface area contributed by atoms with Crippen LogP contribution in [0.1, 0.15) is 67.6 Å². The first-order valence-corrected chi connectivity index (χ1v) is 22.9. The Balaban J connectivity index is 1.33. The highest BCUT2D eigenvalue weighted by molar-refractivity contribution is 6.03. The zero-order valence-corrected chi connectivity index (χ0v) is 37.5. The van der Waals surface area contributed by atoms with Crippen LogP contribution >= 0.6 is 0 Å². The summed E-state index contributed by atoms with van der Waals surface area (Å²) in [7, 11) is 1.48. The van der Waals surface area contributed by atoms with Crippen LogP contribution < -0.4 is 14.2 Å². The Morgan fingerprint density at radius 3 is 2.40 bits per heavy atom. The summed E-state index contributed by atoms with van der Waals surface area (Å²) in [5.41, 5.74) is 3.35. The number of fused-ring (bicyclic) bond motifs is 3. The lowest BCUT2D eigenvalue weighted by Gasteiger charge is -2.59. The van der Waals surface area contributed by atoms with Crippen LogP contribution in [0.25, 0.3) is 10.8 Å². The van der Waals surface area contributed by atoms with Gasteiger partial charge in [-0.15, -0.1) is 6.58 Å². The number of amides is 1. The molecule has 0 bridgehead atoms. The number of hydrogen-bond acceptors (Lipinski definition) is 11. The number of allylic oxidation sites excluding steroid dienone is 1. The molecule has 0 saturated heterocycles. The number of unbranched alkanes of at least 4 members (excludes halogenated alkanes) is 2. The molecule has 14 heteroatoms. The number of nitrogens with zero attached hydrogens (tertiary/aromatic N) is 3. The molecule has 1 fully saturated rings. The minimum atomic E-state index is -1.61. The van der Waals surface area contributed by atoms with Crippen LogP contribution in [-0.2, 0) is 22.7 Å². The average molecular weight is 914 g/mol. The highest BCUT2D eigenvalue weighted by atomic mass is 19.1. The summed E-state index contributed by atoms with van der Waals surface area (Å²) in [6, 6.07) is 30.3. The lowest BCUT2D eigenvalue weighted by molar-refractivity contribution is -0.384. The van der Waals surface area contributed by atoms with Crippen molar-refractivity contribution in [1.82, 2.24) is 4.90 Å². The number of oxime groups is 1. The van der Waals surface area contributed by atoms with E-state index in [4.69, 9.17) is 23.8 Å². The van der Waals surface area contributed by atoms with Gasteiger partial charge in [0.15, 0.2) is 0 Å². The summed E-state index contributed by atoms with van der Waals surface area (Å²) >= 11 is 0. The van der Waals surface area contributed by atoms with Crippen molar-refractivity contribution in [2.75, 3.05) is 26.9 Å². The first-order chi connectivity index (χ1) is 32.7. The normalized spacial score (nSPS) is 22.2. The van der Waals surface area contributed by atoms with Crippen molar-refractivity contribution in [2.45, 2.75) is 75.8 Å². The first-order valence-electron chi connectivity index (χ1n) is 22.9. The zero-order chi connectivity index (χ0) is 46.9. The Bertz CT molecular complexity index is 2610. The van der Waals surface area contributed by atoms with E-state index in [0.717, 1.165) is 53.2 Å². The van der Waals surface area contributed by atoms with E-state index >= 15 is 4.79 Å². The molecule has 5 aromatic rings. The van der Waals surface area contributed by atoms with Crippen LogP contribution in [0, 0.1) is 33.7 Å². The van der Waals surface area contributed by atoms with Crippen LogP contribution in [0.3, 0.4) is 0 Å². The molecule has 67 heavy (non-hydrogen) atoms. The maximum absolute atomic E-state index is 15.2. The molecule has 8 rings (SSSR count). The maximum atomic E-state index is 15.2. The Labute approximate surface area is 389 Å². The lowest BCUT2D eigenvalue weighted by atomic mass is 9.55. The Morgan fingerprint density at radius 2 is 1.66 bits per heavy atom. The third-order valence-electron chi connectivity index (χ3n) is 13.3. The molecule has 1 heterocycles. The van der Waals surface area contributed by atoms with Gasteiger partial charge >= 0.3 is 6.09 Å². The van der Waals surface area contributed by atoms with Gasteiger partial charge in [0.05, 0.1) is 29.7 Å². The minimum absolute atomic E-state index is 0.00557. The van der Waals surface area contributed by atoms with Crippen LogP contribution in [0.15, 0.2) is 139 Å². The number of halogens is 1. The SMILES string of the molecule is C=CCO[C@@]12Oc3ccc(OCc4ccccc4F)cc3[C@H]3[C@H](CCCCO)[C@@H](CCCCO)C=C(C(=NOC)C[C@@H]1N(Cc1cccc4ccccc14)C(=O)Oc1ccc([N+](=O)[O-])cc1)[C@H]32. The van der Waals surface area contributed by atoms with Gasteiger partial charge in [0.25, 0.3) is 5.69 Å². The summed E-state index contributed by atoms with van der Waals surface area (Å²) < 4.78 is 41.8. The van der Waals surface area contributed by atoms with E-state index in [0.29, 0.717) is 35.6 Å². The van der Waals surface area contributed by atoms with Crippen molar-refractivity contribution in [3.8, 4) is 17.2 Å². The van der Waals surface area contributed by atoms with Crippen LogP contribution in [0.4, 0.5) is 14.9 Å². The second kappa shape index (κ2) is 21.3. The van der Waals surface area contributed by atoms with Gasteiger partial charge in [-0.2, -0.15) is 0 Å². The van der Waals surface area contributed by atoms with E-state index in [2.05, 4.69) is 17.8 Å². The molecule has 0 spiro atoms. The third kappa shape index (κ3) is 9.92. The van der Waals surface area contributed by atoms with E-state index < -0.39 is 28.8 Å². The monoisotopic (exact) mass is 913 g/mol. The molecule has 0 radical (unpaired) electrons. The number of rotatable bonds is 20. The van der Waals surface area contributed by atoms with Gasteiger partial charge < -0.3 is 34.0 Å². The number of aliphatic hydroxyl groups excluding tert-OH is 2. The largest absolute Gasteiger partial charge is 0.489 e. The van der Waals surface area contributed by atoms with Crippen molar-refractivity contribution < 1.29 is 48.1 Å². The van der Waals surface area contributed by atoms with E-state index in [-0.39, 0.29) is 74.4 Å². The quantitative estimate of drug-likeness (QED) is 0.0333. The van der Waals surface area contributed by atoms with Gasteiger partial charge in [-0.25, -0.2) is 9.18 Å². The molecule has 2 N–H and O–H groups in total. The van der Waals surface area contributed by atoms with Crippen LogP contribution in [-0.4, -0.2) is 70.6 Å². The Kier molecular flexibility index (Phi) is 14.9. The molecule has 1 amide bonds. The summed E-state index contributed by atoms with van der Waals surface area (Å²) in [5.74, 6) is -1.89. The minimum Gasteiger partial charge on any atom is -0.489 e. The fraction of sp³-hybridized carbons (Fsp3) is 0.358.